The van der Waals surface area contributed by atoms with Gasteiger partial charge in [-0.15, -0.1) is 0 Å². The van der Waals surface area contributed by atoms with Crippen LogP contribution < -0.4 is 5.32 Å². The lowest BCUT2D eigenvalue weighted by atomic mass is 9.99. The van der Waals surface area contributed by atoms with E-state index >= 15 is 0 Å². The van der Waals surface area contributed by atoms with Crippen LogP contribution in [-0.2, 0) is 17.5 Å². The molecule has 0 heterocycles. The number of hydrogen-bond donors (Lipinski definition) is 1. The Balaban J connectivity index is 2.40. The lowest BCUT2D eigenvalue weighted by molar-refractivity contribution is -0.137. The maximum atomic E-state index is 13.6. The van der Waals surface area contributed by atoms with E-state index in [2.05, 4.69) is 21.2 Å². The second-order valence-corrected chi connectivity index (χ2v) is 8.30. The molecule has 2 aromatic carbocycles. The van der Waals surface area contributed by atoms with Crippen molar-refractivity contribution < 1.29 is 35.9 Å². The number of hydrogen-bond acceptors (Lipinski definition) is 2. The Morgan fingerprint density at radius 1 is 1.03 bits per heavy atom. The zero-order valence-corrected chi connectivity index (χ0v) is 19.3. The molecule has 0 unspecified atom stereocenters. The Morgan fingerprint density at radius 2 is 1.70 bits per heavy atom. The van der Waals surface area contributed by atoms with Gasteiger partial charge in [0.15, 0.2) is 5.78 Å². The summed E-state index contributed by atoms with van der Waals surface area (Å²) in [6, 6.07) is 5.55. The highest BCUT2D eigenvalue weighted by Gasteiger charge is 2.38. The van der Waals surface area contributed by atoms with E-state index < -0.39 is 34.8 Å². The van der Waals surface area contributed by atoms with Crippen molar-refractivity contribution in [3.05, 3.63) is 74.2 Å². The van der Waals surface area contributed by atoms with Gasteiger partial charge in [-0.05, 0) is 47.9 Å². The molecule has 0 saturated carbocycles. The van der Waals surface area contributed by atoms with Crippen molar-refractivity contribution in [3.8, 4) is 0 Å². The SMILES string of the molecule is CCCC(=O)NCc1ccc(C(=O)/C=C(/c2cc(Br)cc(C(F)(F)F)c2)C(F)(F)F)cc1Cl. The molecule has 0 saturated heterocycles. The second kappa shape index (κ2) is 10.7. The molecule has 0 bridgehead atoms. The smallest absolute Gasteiger partial charge is 0.352 e. The van der Waals surface area contributed by atoms with Crippen molar-refractivity contribution in [2.45, 2.75) is 38.7 Å². The zero-order chi connectivity index (χ0) is 25.0. The third-order valence-electron chi connectivity index (χ3n) is 4.41. The average Bonchev–Trinajstić information content (AvgIpc) is 2.69. The number of rotatable bonds is 7. The standard InChI is InChI=1S/C22H17BrClF6NO2/c1-2-3-20(33)31-11-13-5-4-12(8-18(13)24)19(32)10-17(22(28,29)30)14-6-15(21(25,26)27)9-16(23)7-14/h4-10H,2-3,11H2,1H3,(H,31,33)/b17-10-. The van der Waals surface area contributed by atoms with Crippen molar-refractivity contribution in [2.24, 2.45) is 0 Å². The molecular formula is C22H17BrClF6NO2. The van der Waals surface area contributed by atoms with E-state index in [1.165, 1.54) is 12.1 Å². The van der Waals surface area contributed by atoms with Gasteiger partial charge in [-0.3, -0.25) is 9.59 Å². The first-order valence-electron chi connectivity index (χ1n) is 9.49. The number of carbonyl (C=O) groups is 2. The molecule has 33 heavy (non-hydrogen) atoms. The van der Waals surface area contributed by atoms with Gasteiger partial charge in [0.1, 0.15) is 0 Å². The molecule has 11 heteroatoms. The Morgan fingerprint density at radius 3 is 2.24 bits per heavy atom. The van der Waals surface area contributed by atoms with Gasteiger partial charge in [0.25, 0.3) is 0 Å². The number of halogens is 8. The minimum atomic E-state index is -5.10. The molecule has 1 amide bonds. The van der Waals surface area contributed by atoms with Gasteiger partial charge in [-0.2, -0.15) is 26.3 Å². The molecule has 1 N–H and O–H groups in total. The van der Waals surface area contributed by atoms with Crippen LogP contribution in [0.4, 0.5) is 26.3 Å². The van der Waals surface area contributed by atoms with Crippen LogP contribution in [0.3, 0.4) is 0 Å². The fourth-order valence-corrected chi connectivity index (χ4v) is 3.55. The lowest BCUT2D eigenvalue weighted by Gasteiger charge is -2.15. The Labute approximate surface area is 198 Å². The molecule has 0 aliphatic carbocycles. The number of ketones is 1. The summed E-state index contributed by atoms with van der Waals surface area (Å²) >= 11 is 8.87. The van der Waals surface area contributed by atoms with E-state index in [1.807, 2.05) is 6.92 Å². The van der Waals surface area contributed by atoms with Gasteiger partial charge in [0.05, 0.1) is 11.1 Å². The third kappa shape index (κ3) is 7.60. The number of nitrogens with one attached hydrogen (secondary N) is 1. The molecule has 2 aromatic rings. The van der Waals surface area contributed by atoms with E-state index in [0.717, 1.165) is 12.1 Å². The quantitative estimate of drug-likeness (QED) is 0.220. The maximum absolute atomic E-state index is 13.6. The van der Waals surface area contributed by atoms with Gasteiger partial charge in [0, 0.05) is 28.0 Å². The molecular weight excluding hydrogens is 540 g/mol. The Bertz CT molecular complexity index is 1080. The second-order valence-electron chi connectivity index (χ2n) is 6.98. The summed E-state index contributed by atoms with van der Waals surface area (Å²) < 4.78 is 79.8. The van der Waals surface area contributed by atoms with Crippen LogP contribution in [0, 0.1) is 0 Å². The van der Waals surface area contributed by atoms with Crippen LogP contribution in [-0.4, -0.2) is 17.9 Å². The first kappa shape index (κ1) is 26.9. The zero-order valence-electron chi connectivity index (χ0n) is 17.0. The van der Waals surface area contributed by atoms with Crippen LogP contribution in [0.15, 0.2) is 46.9 Å². The maximum Gasteiger partial charge on any atom is 0.417 e. The molecule has 0 aromatic heterocycles. The monoisotopic (exact) mass is 555 g/mol. The Kier molecular flexibility index (Phi) is 8.75. The van der Waals surface area contributed by atoms with Crippen molar-refractivity contribution in [3.63, 3.8) is 0 Å². The number of alkyl halides is 6. The van der Waals surface area contributed by atoms with E-state index in [0.29, 0.717) is 30.5 Å². The minimum absolute atomic E-state index is 0.0430. The highest BCUT2D eigenvalue weighted by atomic mass is 79.9. The topological polar surface area (TPSA) is 46.2 Å². The molecule has 0 fully saturated rings. The lowest BCUT2D eigenvalue weighted by Crippen LogP contribution is -2.22. The fraction of sp³-hybridized carbons (Fsp3) is 0.273. The molecule has 0 radical (unpaired) electrons. The highest BCUT2D eigenvalue weighted by Crippen LogP contribution is 2.39. The van der Waals surface area contributed by atoms with Crippen molar-refractivity contribution in [2.75, 3.05) is 0 Å². The van der Waals surface area contributed by atoms with E-state index in [4.69, 9.17) is 11.6 Å². The largest absolute Gasteiger partial charge is 0.417 e. The first-order chi connectivity index (χ1) is 15.2. The van der Waals surface area contributed by atoms with Gasteiger partial charge in [0.2, 0.25) is 5.91 Å². The fourth-order valence-electron chi connectivity index (χ4n) is 2.81. The van der Waals surface area contributed by atoms with Crippen molar-refractivity contribution in [1.82, 2.24) is 5.32 Å². The highest BCUT2D eigenvalue weighted by molar-refractivity contribution is 9.10. The molecule has 0 spiro atoms. The minimum Gasteiger partial charge on any atom is -0.352 e. The summed E-state index contributed by atoms with van der Waals surface area (Å²) in [7, 11) is 0. The predicted octanol–water partition coefficient (Wildman–Crippen LogP) is 7.37. The molecule has 0 aliphatic heterocycles. The number of carbonyl (C=O) groups excluding carboxylic acids is 2. The molecule has 0 aliphatic rings. The number of allylic oxidation sites excluding steroid dienone is 2. The van der Waals surface area contributed by atoms with Gasteiger partial charge in [-0.25, -0.2) is 0 Å². The summed E-state index contributed by atoms with van der Waals surface area (Å²) in [5, 5.41) is 2.66. The summed E-state index contributed by atoms with van der Waals surface area (Å²) in [5.41, 5.74) is -3.41. The van der Waals surface area contributed by atoms with Crippen LogP contribution in [0.25, 0.3) is 5.57 Å². The third-order valence-corrected chi connectivity index (χ3v) is 5.22. The molecule has 3 nitrogen and oxygen atoms in total. The van der Waals surface area contributed by atoms with Gasteiger partial charge < -0.3 is 5.32 Å². The summed E-state index contributed by atoms with van der Waals surface area (Å²) in [6.45, 7) is 1.89. The Hall–Kier alpha value is -2.33. The molecule has 2 rings (SSSR count). The number of benzene rings is 2. The van der Waals surface area contributed by atoms with Crippen LogP contribution in [0.2, 0.25) is 5.02 Å². The van der Waals surface area contributed by atoms with Crippen LogP contribution in [0.5, 0.6) is 0 Å². The van der Waals surface area contributed by atoms with E-state index in [1.54, 1.807) is 0 Å². The van der Waals surface area contributed by atoms with Gasteiger partial charge in [-0.1, -0.05) is 46.6 Å². The summed E-state index contributed by atoms with van der Waals surface area (Å²) in [4.78, 5) is 24.1. The van der Waals surface area contributed by atoms with E-state index in [-0.39, 0.29) is 33.6 Å². The van der Waals surface area contributed by atoms with Crippen LogP contribution >= 0.6 is 27.5 Å². The summed E-state index contributed by atoms with van der Waals surface area (Å²) in [5.74, 6) is -1.31. The summed E-state index contributed by atoms with van der Waals surface area (Å²) in [6.07, 6.45) is -8.80. The van der Waals surface area contributed by atoms with Gasteiger partial charge >= 0.3 is 12.4 Å². The molecule has 0 atom stereocenters. The van der Waals surface area contributed by atoms with Crippen molar-refractivity contribution in [1.29, 1.82) is 0 Å². The first-order valence-corrected chi connectivity index (χ1v) is 10.7. The molecule has 178 valence electrons. The predicted molar refractivity (Wildman–Crippen MR) is 116 cm³/mol. The average molecular weight is 557 g/mol. The van der Waals surface area contributed by atoms with Crippen molar-refractivity contribution >= 4 is 44.8 Å². The van der Waals surface area contributed by atoms with E-state index in [9.17, 15) is 35.9 Å². The van der Waals surface area contributed by atoms with Crippen LogP contribution in [0.1, 0.15) is 46.8 Å². The number of amides is 1. The normalized spacial score (nSPS) is 12.6.